The van der Waals surface area contributed by atoms with Crippen molar-refractivity contribution < 1.29 is 14.3 Å². The Morgan fingerprint density at radius 1 is 1.04 bits per heavy atom. The van der Waals surface area contributed by atoms with Gasteiger partial charge in [0, 0.05) is 0 Å². The lowest BCUT2D eigenvalue weighted by Crippen LogP contribution is -2.37. The van der Waals surface area contributed by atoms with Crippen LogP contribution in [0.3, 0.4) is 0 Å². The summed E-state index contributed by atoms with van der Waals surface area (Å²) in [6.45, 7) is 1.72. The fourth-order valence-electron chi connectivity index (χ4n) is 2.08. The third-order valence-electron chi connectivity index (χ3n) is 3.28. The van der Waals surface area contributed by atoms with Gasteiger partial charge in [-0.25, -0.2) is 4.79 Å². The Balaban J connectivity index is 2.02. The van der Waals surface area contributed by atoms with Crippen LogP contribution < -0.4 is 5.32 Å². The molecule has 2 aromatic rings. The summed E-state index contributed by atoms with van der Waals surface area (Å²) in [5.41, 5.74) is 1.54. The lowest BCUT2D eigenvalue weighted by Gasteiger charge is -2.19. The molecule has 0 saturated heterocycles. The Morgan fingerprint density at radius 2 is 1.61 bits per heavy atom. The topological polar surface area (TPSA) is 55.4 Å². The zero-order valence-corrected chi connectivity index (χ0v) is 13.5. The van der Waals surface area contributed by atoms with Crippen molar-refractivity contribution in [1.29, 1.82) is 0 Å². The maximum absolute atomic E-state index is 12.3. The molecule has 0 aromatic heterocycles. The van der Waals surface area contributed by atoms with Crippen molar-refractivity contribution in [1.82, 2.24) is 5.32 Å². The molecular weight excluding hydrogens is 314 g/mol. The van der Waals surface area contributed by atoms with Crippen LogP contribution in [-0.4, -0.2) is 17.3 Å². The highest BCUT2D eigenvalue weighted by Crippen LogP contribution is 2.18. The van der Waals surface area contributed by atoms with E-state index in [1.807, 2.05) is 36.4 Å². The van der Waals surface area contributed by atoms with Crippen LogP contribution in [-0.2, 0) is 16.1 Å². The highest BCUT2D eigenvalue weighted by molar-refractivity contribution is 6.31. The summed E-state index contributed by atoms with van der Waals surface area (Å²) in [6, 6.07) is 17.5. The van der Waals surface area contributed by atoms with Gasteiger partial charge < -0.3 is 10.1 Å². The summed E-state index contributed by atoms with van der Waals surface area (Å²) in [4.78, 5) is 24.2. The number of carbonyl (C=O) groups is 2. The Hall–Kier alpha value is -2.33. The van der Waals surface area contributed by atoms with E-state index in [9.17, 15) is 9.59 Å². The van der Waals surface area contributed by atoms with Gasteiger partial charge in [0.05, 0.1) is 5.38 Å². The second kappa shape index (κ2) is 8.34. The first kappa shape index (κ1) is 17.0. The standard InChI is InChI=1S/C18H18ClNO3/c1-13(19)17(21)16(15-10-6-3-7-11-15)20-18(22)23-12-14-8-4-2-5-9-14/h2-11,13,16H,12H2,1H3,(H,20,22)/t13-,16-/m1/s1. The molecule has 1 amide bonds. The van der Waals surface area contributed by atoms with Gasteiger partial charge in [0.1, 0.15) is 12.6 Å². The minimum absolute atomic E-state index is 0.138. The first-order valence-corrected chi connectivity index (χ1v) is 7.71. The number of hydrogen-bond donors (Lipinski definition) is 1. The summed E-state index contributed by atoms with van der Waals surface area (Å²) in [5, 5.41) is 1.88. The fraction of sp³-hybridized carbons (Fsp3) is 0.222. The van der Waals surface area contributed by atoms with E-state index in [0.29, 0.717) is 5.56 Å². The van der Waals surface area contributed by atoms with Gasteiger partial charge in [0.25, 0.3) is 0 Å². The molecule has 0 saturated carbocycles. The number of ether oxygens (including phenoxy) is 1. The van der Waals surface area contributed by atoms with E-state index in [4.69, 9.17) is 16.3 Å². The molecule has 0 fully saturated rings. The van der Waals surface area contributed by atoms with Gasteiger partial charge in [-0.1, -0.05) is 60.7 Å². The molecule has 0 aliphatic rings. The molecule has 0 radical (unpaired) electrons. The number of rotatable bonds is 6. The molecule has 0 bridgehead atoms. The summed E-state index contributed by atoms with van der Waals surface area (Å²) in [5.74, 6) is -0.283. The highest BCUT2D eigenvalue weighted by atomic mass is 35.5. The van der Waals surface area contributed by atoms with Crippen LogP contribution in [0.5, 0.6) is 0 Å². The van der Waals surface area contributed by atoms with Crippen molar-refractivity contribution in [3.8, 4) is 0 Å². The number of benzene rings is 2. The molecule has 0 aliphatic carbocycles. The SMILES string of the molecule is C[C@@H](Cl)C(=O)[C@H](NC(=O)OCc1ccccc1)c1ccccc1. The number of amides is 1. The lowest BCUT2D eigenvalue weighted by atomic mass is 10.0. The van der Waals surface area contributed by atoms with Crippen molar-refractivity contribution in [3.05, 3.63) is 71.8 Å². The minimum Gasteiger partial charge on any atom is -0.445 e. The molecule has 5 heteroatoms. The number of carbonyl (C=O) groups excluding carboxylic acids is 2. The number of alkyl halides is 1. The molecule has 23 heavy (non-hydrogen) atoms. The number of Topliss-reactive ketones (excluding diaryl/α,β-unsaturated/α-hetero) is 1. The first-order chi connectivity index (χ1) is 11.1. The fourth-order valence-corrected chi connectivity index (χ4v) is 2.20. The third-order valence-corrected chi connectivity index (χ3v) is 3.50. The van der Waals surface area contributed by atoms with Gasteiger partial charge in [-0.05, 0) is 18.1 Å². The van der Waals surface area contributed by atoms with Crippen LogP contribution in [0.15, 0.2) is 60.7 Å². The average molecular weight is 332 g/mol. The van der Waals surface area contributed by atoms with Gasteiger partial charge in [0.2, 0.25) is 0 Å². The Morgan fingerprint density at radius 3 is 2.17 bits per heavy atom. The van der Waals surface area contributed by atoms with E-state index >= 15 is 0 Å². The van der Waals surface area contributed by atoms with Crippen molar-refractivity contribution in [2.24, 2.45) is 0 Å². The van der Waals surface area contributed by atoms with Crippen LogP contribution >= 0.6 is 11.6 Å². The molecular formula is C18H18ClNO3. The third kappa shape index (κ3) is 5.11. The molecule has 2 aromatic carbocycles. The second-order valence-electron chi connectivity index (χ2n) is 5.07. The average Bonchev–Trinajstić information content (AvgIpc) is 2.59. The maximum atomic E-state index is 12.3. The largest absolute Gasteiger partial charge is 0.445 e. The van der Waals surface area contributed by atoms with Crippen LogP contribution in [0.1, 0.15) is 24.1 Å². The zero-order chi connectivity index (χ0) is 16.7. The molecule has 4 nitrogen and oxygen atoms in total. The predicted octanol–water partition coefficient (Wildman–Crippen LogP) is 3.85. The van der Waals surface area contributed by atoms with Crippen LogP contribution in [0.2, 0.25) is 0 Å². The van der Waals surface area contributed by atoms with Gasteiger partial charge in [-0.15, -0.1) is 11.6 Å². The monoisotopic (exact) mass is 331 g/mol. The van der Waals surface area contributed by atoms with E-state index in [2.05, 4.69) is 5.32 Å². The van der Waals surface area contributed by atoms with Crippen molar-refractivity contribution in [2.75, 3.05) is 0 Å². The molecule has 0 unspecified atom stereocenters. The van der Waals surface area contributed by atoms with E-state index in [1.165, 1.54) is 0 Å². The lowest BCUT2D eigenvalue weighted by molar-refractivity contribution is -0.120. The normalized spacial score (nSPS) is 13.0. The number of ketones is 1. The van der Waals surface area contributed by atoms with Gasteiger partial charge >= 0.3 is 6.09 Å². The van der Waals surface area contributed by atoms with Crippen LogP contribution in [0.25, 0.3) is 0 Å². The van der Waals surface area contributed by atoms with E-state index in [1.54, 1.807) is 31.2 Å². The molecule has 120 valence electrons. The molecule has 2 rings (SSSR count). The number of halogens is 1. The second-order valence-corrected chi connectivity index (χ2v) is 5.72. The first-order valence-electron chi connectivity index (χ1n) is 7.28. The Labute approximate surface area is 140 Å². The number of hydrogen-bond acceptors (Lipinski definition) is 3. The van der Waals surface area contributed by atoms with Crippen molar-refractivity contribution in [2.45, 2.75) is 24.9 Å². The van der Waals surface area contributed by atoms with Crippen LogP contribution in [0, 0.1) is 0 Å². The van der Waals surface area contributed by atoms with Crippen molar-refractivity contribution in [3.63, 3.8) is 0 Å². The predicted molar refractivity (Wildman–Crippen MR) is 89.3 cm³/mol. The molecule has 0 spiro atoms. The van der Waals surface area contributed by atoms with Crippen molar-refractivity contribution >= 4 is 23.5 Å². The Bertz CT molecular complexity index is 644. The molecule has 0 heterocycles. The van der Waals surface area contributed by atoms with Crippen LogP contribution in [0.4, 0.5) is 4.79 Å². The summed E-state index contributed by atoms with van der Waals surface area (Å²) in [7, 11) is 0. The smallest absolute Gasteiger partial charge is 0.408 e. The minimum atomic E-state index is -0.827. The zero-order valence-electron chi connectivity index (χ0n) is 12.7. The Kier molecular flexibility index (Phi) is 6.18. The van der Waals surface area contributed by atoms with Gasteiger partial charge in [-0.3, -0.25) is 4.79 Å². The molecule has 0 aliphatic heterocycles. The summed E-state index contributed by atoms with van der Waals surface area (Å²) < 4.78 is 5.16. The quantitative estimate of drug-likeness (QED) is 0.818. The van der Waals surface area contributed by atoms with E-state index in [-0.39, 0.29) is 12.4 Å². The number of alkyl carbamates (subject to hydrolysis) is 1. The number of nitrogens with one attached hydrogen (secondary N) is 1. The van der Waals surface area contributed by atoms with E-state index < -0.39 is 17.5 Å². The maximum Gasteiger partial charge on any atom is 0.408 e. The summed E-state index contributed by atoms with van der Waals surface area (Å²) >= 11 is 5.89. The summed E-state index contributed by atoms with van der Waals surface area (Å²) in [6.07, 6.45) is -0.659. The molecule has 1 N–H and O–H groups in total. The van der Waals surface area contributed by atoms with Gasteiger partial charge in [0.15, 0.2) is 5.78 Å². The highest BCUT2D eigenvalue weighted by Gasteiger charge is 2.26. The molecule has 2 atom stereocenters. The van der Waals surface area contributed by atoms with E-state index in [0.717, 1.165) is 5.56 Å². The van der Waals surface area contributed by atoms with Gasteiger partial charge in [-0.2, -0.15) is 0 Å².